The maximum Gasteiger partial charge on any atom is 0.406 e. The Labute approximate surface area is 114 Å². The van der Waals surface area contributed by atoms with Crippen molar-refractivity contribution in [3.8, 4) is 5.75 Å². The number of ether oxygens (including phenoxy) is 1. The van der Waals surface area contributed by atoms with Crippen molar-refractivity contribution in [3.05, 3.63) is 27.9 Å². The first kappa shape index (κ1) is 15.3. The summed E-state index contributed by atoms with van der Waals surface area (Å²) < 4.78 is 5.00. The molecule has 0 saturated heterocycles. The Morgan fingerprint density at radius 1 is 1.45 bits per heavy atom. The van der Waals surface area contributed by atoms with Crippen LogP contribution in [0.25, 0.3) is 0 Å². The van der Waals surface area contributed by atoms with E-state index in [1.165, 1.54) is 12.1 Å². The highest BCUT2D eigenvalue weighted by atomic mass is 16.6. The van der Waals surface area contributed by atoms with Crippen LogP contribution in [0.3, 0.4) is 0 Å². The molecule has 3 amide bonds. The quantitative estimate of drug-likeness (QED) is 0.599. The second-order valence-electron chi connectivity index (χ2n) is 3.73. The minimum absolute atomic E-state index is 0.133. The molecule has 20 heavy (non-hydrogen) atoms. The number of imide groups is 1. The Kier molecular flexibility index (Phi) is 5.39. The van der Waals surface area contributed by atoms with Gasteiger partial charge in [-0.15, -0.1) is 0 Å². The number of amides is 3. The molecule has 1 rings (SSSR count). The predicted molar refractivity (Wildman–Crippen MR) is 68.3 cm³/mol. The number of nitrogens with one attached hydrogen (secondary N) is 2. The van der Waals surface area contributed by atoms with Gasteiger partial charge in [0.15, 0.2) is 6.61 Å². The lowest BCUT2D eigenvalue weighted by molar-refractivity contribution is -0.390. The fourth-order valence-electron chi connectivity index (χ4n) is 1.28. The van der Waals surface area contributed by atoms with E-state index in [0.717, 1.165) is 0 Å². The van der Waals surface area contributed by atoms with E-state index in [0.29, 0.717) is 12.2 Å². The van der Waals surface area contributed by atoms with Crippen molar-refractivity contribution in [2.75, 3.05) is 13.2 Å². The van der Waals surface area contributed by atoms with E-state index in [9.17, 15) is 19.7 Å². The number of carbonyl (C=O) groups excluding carboxylic acids is 2. The van der Waals surface area contributed by atoms with Crippen LogP contribution < -0.4 is 15.4 Å². The number of pyridine rings is 1. The largest absolute Gasteiger partial charge is 0.476 e. The maximum absolute atomic E-state index is 11.4. The molecule has 0 aliphatic rings. The van der Waals surface area contributed by atoms with Crippen molar-refractivity contribution in [1.29, 1.82) is 0 Å². The number of hydrogen-bond acceptors (Lipinski definition) is 6. The smallest absolute Gasteiger partial charge is 0.406 e. The minimum Gasteiger partial charge on any atom is -0.476 e. The molecule has 2 N–H and O–H groups in total. The molecule has 9 heteroatoms. The highest BCUT2D eigenvalue weighted by molar-refractivity contribution is 5.94. The molecule has 0 fully saturated rings. The first-order valence-electron chi connectivity index (χ1n) is 5.76. The van der Waals surface area contributed by atoms with E-state index >= 15 is 0 Å². The summed E-state index contributed by atoms with van der Waals surface area (Å²) in [5.74, 6) is -1.33. The number of rotatable bonds is 5. The summed E-state index contributed by atoms with van der Waals surface area (Å²) in [7, 11) is 0. The van der Waals surface area contributed by atoms with Crippen LogP contribution >= 0.6 is 0 Å². The molecule has 0 unspecified atom stereocenters. The van der Waals surface area contributed by atoms with Crippen molar-refractivity contribution in [2.24, 2.45) is 0 Å². The standard InChI is InChI=1S/C11H14N4O5/c1-3-12-11(17)14-9(16)6-20-8-5-4-7(2)13-10(8)15(18)19/h4-5H,3,6H2,1-2H3,(H2,12,14,16,17). The van der Waals surface area contributed by atoms with Gasteiger partial charge in [-0.25, -0.2) is 4.79 Å². The van der Waals surface area contributed by atoms with Crippen LogP contribution in [0.5, 0.6) is 5.75 Å². The van der Waals surface area contributed by atoms with Crippen LogP contribution in [-0.4, -0.2) is 35.0 Å². The lowest BCUT2D eigenvalue weighted by Gasteiger charge is -2.07. The van der Waals surface area contributed by atoms with E-state index in [-0.39, 0.29) is 5.75 Å². The van der Waals surface area contributed by atoms with Gasteiger partial charge in [-0.1, -0.05) is 0 Å². The van der Waals surface area contributed by atoms with Gasteiger partial charge in [-0.2, -0.15) is 0 Å². The average molecular weight is 282 g/mol. The molecule has 0 radical (unpaired) electrons. The number of carbonyl (C=O) groups is 2. The minimum atomic E-state index is -0.717. The molecule has 0 aliphatic carbocycles. The van der Waals surface area contributed by atoms with Crippen molar-refractivity contribution in [3.63, 3.8) is 0 Å². The van der Waals surface area contributed by atoms with E-state index in [2.05, 4.69) is 10.3 Å². The zero-order chi connectivity index (χ0) is 15.1. The lowest BCUT2D eigenvalue weighted by atomic mass is 10.3. The van der Waals surface area contributed by atoms with E-state index < -0.39 is 29.3 Å². The van der Waals surface area contributed by atoms with E-state index in [1.54, 1.807) is 13.8 Å². The third-order valence-corrected chi connectivity index (χ3v) is 2.10. The van der Waals surface area contributed by atoms with Gasteiger partial charge in [-0.05, 0) is 29.0 Å². The number of aryl methyl sites for hydroxylation is 1. The zero-order valence-corrected chi connectivity index (χ0v) is 11.0. The molecule has 1 heterocycles. The number of nitrogens with zero attached hydrogens (tertiary/aromatic N) is 2. The Morgan fingerprint density at radius 3 is 2.75 bits per heavy atom. The molecule has 0 aromatic carbocycles. The van der Waals surface area contributed by atoms with Gasteiger partial charge in [0.2, 0.25) is 5.75 Å². The monoisotopic (exact) mass is 282 g/mol. The topological polar surface area (TPSA) is 123 Å². The first-order valence-corrected chi connectivity index (χ1v) is 5.76. The number of urea groups is 1. The number of aromatic nitrogens is 1. The van der Waals surface area contributed by atoms with Crippen molar-refractivity contribution in [2.45, 2.75) is 13.8 Å². The average Bonchev–Trinajstić information content (AvgIpc) is 2.37. The van der Waals surface area contributed by atoms with Crippen LogP contribution in [0, 0.1) is 17.0 Å². The van der Waals surface area contributed by atoms with Gasteiger partial charge in [-0.3, -0.25) is 10.1 Å². The third-order valence-electron chi connectivity index (χ3n) is 2.10. The van der Waals surface area contributed by atoms with Gasteiger partial charge in [0.05, 0.1) is 0 Å². The summed E-state index contributed by atoms with van der Waals surface area (Å²) in [6.07, 6.45) is 0. The molecule has 1 aromatic heterocycles. The summed E-state index contributed by atoms with van der Waals surface area (Å²) in [5, 5.41) is 15.2. The molecule has 0 saturated carbocycles. The van der Waals surface area contributed by atoms with Gasteiger partial charge in [0, 0.05) is 13.5 Å². The molecular weight excluding hydrogens is 268 g/mol. The summed E-state index contributed by atoms with van der Waals surface area (Å²) in [4.78, 5) is 36.2. The Balaban J connectivity index is 2.64. The Hall–Kier alpha value is -2.71. The Morgan fingerprint density at radius 2 is 2.15 bits per heavy atom. The SMILES string of the molecule is CCNC(=O)NC(=O)COc1ccc(C)nc1[N+](=O)[O-]. The lowest BCUT2D eigenvalue weighted by Crippen LogP contribution is -2.41. The third kappa shape index (κ3) is 4.52. The zero-order valence-electron chi connectivity index (χ0n) is 11.0. The van der Waals surface area contributed by atoms with Crippen molar-refractivity contribution >= 4 is 17.8 Å². The van der Waals surface area contributed by atoms with Gasteiger partial charge < -0.3 is 20.2 Å². The molecule has 0 bridgehead atoms. The highest BCUT2D eigenvalue weighted by Gasteiger charge is 2.18. The van der Waals surface area contributed by atoms with Gasteiger partial charge >= 0.3 is 11.8 Å². The molecule has 108 valence electrons. The fraction of sp³-hybridized carbons (Fsp3) is 0.364. The van der Waals surface area contributed by atoms with E-state index in [1.807, 2.05) is 5.32 Å². The summed E-state index contributed by atoms with van der Waals surface area (Å²) >= 11 is 0. The summed E-state index contributed by atoms with van der Waals surface area (Å²) in [6.45, 7) is 3.14. The predicted octanol–water partition coefficient (Wildman–Crippen LogP) is 0.523. The highest BCUT2D eigenvalue weighted by Crippen LogP contribution is 2.24. The number of nitro groups is 1. The van der Waals surface area contributed by atoms with Crippen LogP contribution in [0.15, 0.2) is 12.1 Å². The van der Waals surface area contributed by atoms with Gasteiger partial charge in [0.1, 0.15) is 5.69 Å². The van der Waals surface area contributed by atoms with Crippen LogP contribution in [0.2, 0.25) is 0 Å². The van der Waals surface area contributed by atoms with Gasteiger partial charge in [0.25, 0.3) is 5.91 Å². The second-order valence-corrected chi connectivity index (χ2v) is 3.73. The molecular formula is C11H14N4O5. The molecule has 0 spiro atoms. The first-order chi connectivity index (χ1) is 9.43. The van der Waals surface area contributed by atoms with Crippen LogP contribution in [-0.2, 0) is 4.79 Å². The number of hydrogen-bond donors (Lipinski definition) is 2. The molecule has 1 aromatic rings. The van der Waals surface area contributed by atoms with Crippen molar-refractivity contribution < 1.29 is 19.2 Å². The van der Waals surface area contributed by atoms with Crippen LogP contribution in [0.4, 0.5) is 10.6 Å². The van der Waals surface area contributed by atoms with Crippen LogP contribution in [0.1, 0.15) is 12.6 Å². The van der Waals surface area contributed by atoms with E-state index in [4.69, 9.17) is 4.74 Å². The normalized spacial score (nSPS) is 9.70. The maximum atomic E-state index is 11.4. The Bertz CT molecular complexity index is 532. The summed E-state index contributed by atoms with van der Waals surface area (Å²) in [5.41, 5.74) is 0.454. The molecule has 0 aliphatic heterocycles. The molecule has 9 nitrogen and oxygen atoms in total. The fourth-order valence-corrected chi connectivity index (χ4v) is 1.28. The molecule has 0 atom stereocenters. The summed E-state index contributed by atoms with van der Waals surface area (Å²) in [6, 6.07) is 2.21. The second kappa shape index (κ2) is 7.02. The van der Waals surface area contributed by atoms with Crippen molar-refractivity contribution in [1.82, 2.24) is 15.6 Å².